The molecule has 0 heterocycles. The van der Waals surface area contributed by atoms with E-state index in [2.05, 4.69) is 44.8 Å². The van der Waals surface area contributed by atoms with E-state index in [0.29, 0.717) is 12.6 Å². The first-order valence-corrected chi connectivity index (χ1v) is 7.17. The van der Waals surface area contributed by atoms with E-state index in [1.807, 2.05) is 13.8 Å². The van der Waals surface area contributed by atoms with Gasteiger partial charge in [-0.3, -0.25) is 4.79 Å². The van der Waals surface area contributed by atoms with Gasteiger partial charge >= 0.3 is 0 Å². The van der Waals surface area contributed by atoms with Crippen molar-refractivity contribution in [2.45, 2.75) is 38.8 Å². The molecule has 0 spiro atoms. The molecule has 1 aliphatic carbocycles. The highest BCUT2D eigenvalue weighted by molar-refractivity contribution is 9.10. The third kappa shape index (κ3) is 3.12. The van der Waals surface area contributed by atoms with Gasteiger partial charge in [-0.05, 0) is 43.9 Å². The monoisotopic (exact) mass is 310 g/mol. The topological polar surface area (TPSA) is 41.1 Å². The Balaban J connectivity index is 1.94. The van der Waals surface area contributed by atoms with Gasteiger partial charge < -0.3 is 10.6 Å². The molecule has 2 N–H and O–H groups in total. The zero-order chi connectivity index (χ0) is 13.1. The molecule has 1 amide bonds. The lowest BCUT2D eigenvalue weighted by Crippen LogP contribution is -2.38. The van der Waals surface area contributed by atoms with Gasteiger partial charge in [-0.15, -0.1) is 0 Å². The van der Waals surface area contributed by atoms with Crippen LogP contribution in [0, 0.1) is 0 Å². The quantitative estimate of drug-likeness (QED) is 0.897. The van der Waals surface area contributed by atoms with Gasteiger partial charge in [-0.25, -0.2) is 0 Å². The van der Waals surface area contributed by atoms with E-state index in [-0.39, 0.29) is 11.9 Å². The summed E-state index contributed by atoms with van der Waals surface area (Å²) in [5.74, 6) is 0.0634. The number of benzene rings is 1. The summed E-state index contributed by atoms with van der Waals surface area (Å²) in [6.45, 7) is 4.33. The first-order valence-electron chi connectivity index (χ1n) is 6.38. The lowest BCUT2D eigenvalue weighted by Gasteiger charge is -2.15. The number of amides is 1. The van der Waals surface area contributed by atoms with Crippen molar-refractivity contribution < 1.29 is 4.79 Å². The zero-order valence-electron chi connectivity index (χ0n) is 10.8. The number of hydrogen-bond donors (Lipinski definition) is 2. The average molecular weight is 311 g/mol. The molecule has 1 atom stereocenters. The van der Waals surface area contributed by atoms with Crippen LogP contribution in [0.4, 0.5) is 0 Å². The summed E-state index contributed by atoms with van der Waals surface area (Å²) in [5.41, 5.74) is 2.70. The minimum Gasteiger partial charge on any atom is -0.353 e. The molecule has 0 saturated carbocycles. The molecule has 18 heavy (non-hydrogen) atoms. The fraction of sp³-hybridized carbons (Fsp3) is 0.500. The molecule has 3 nitrogen and oxygen atoms in total. The van der Waals surface area contributed by atoms with E-state index in [9.17, 15) is 4.79 Å². The first kappa shape index (κ1) is 13.6. The van der Waals surface area contributed by atoms with Gasteiger partial charge in [0.2, 0.25) is 5.91 Å². The number of nitrogens with one attached hydrogen (secondary N) is 2. The summed E-state index contributed by atoms with van der Waals surface area (Å²) in [6, 6.07) is 6.77. The van der Waals surface area contributed by atoms with Gasteiger partial charge in [0, 0.05) is 16.6 Å². The Morgan fingerprint density at radius 3 is 3.00 bits per heavy atom. The van der Waals surface area contributed by atoms with E-state index in [1.54, 1.807) is 0 Å². The number of fused-ring (bicyclic) bond motifs is 1. The molecule has 0 aromatic heterocycles. The summed E-state index contributed by atoms with van der Waals surface area (Å²) >= 11 is 3.58. The Morgan fingerprint density at radius 2 is 2.28 bits per heavy atom. The summed E-state index contributed by atoms with van der Waals surface area (Å²) in [7, 11) is 0. The van der Waals surface area contributed by atoms with E-state index < -0.39 is 0 Å². The van der Waals surface area contributed by atoms with E-state index in [4.69, 9.17) is 0 Å². The van der Waals surface area contributed by atoms with Crippen molar-refractivity contribution in [1.82, 2.24) is 10.6 Å². The maximum Gasteiger partial charge on any atom is 0.234 e. The minimum absolute atomic E-state index is 0.0634. The molecule has 1 aromatic rings. The largest absolute Gasteiger partial charge is 0.353 e. The van der Waals surface area contributed by atoms with Gasteiger partial charge in [-0.2, -0.15) is 0 Å². The first-order chi connectivity index (χ1) is 8.58. The average Bonchev–Trinajstić information content (AvgIpc) is 2.70. The van der Waals surface area contributed by atoms with Crippen LogP contribution in [0.15, 0.2) is 22.7 Å². The fourth-order valence-electron chi connectivity index (χ4n) is 2.41. The van der Waals surface area contributed by atoms with Crippen LogP contribution in [0.2, 0.25) is 0 Å². The van der Waals surface area contributed by atoms with Crippen molar-refractivity contribution in [2.75, 3.05) is 6.54 Å². The Hall–Kier alpha value is -0.870. The number of hydrogen-bond acceptors (Lipinski definition) is 2. The van der Waals surface area contributed by atoms with Crippen molar-refractivity contribution in [1.29, 1.82) is 0 Å². The van der Waals surface area contributed by atoms with Gasteiger partial charge in [-0.1, -0.05) is 28.1 Å². The van der Waals surface area contributed by atoms with Crippen LogP contribution < -0.4 is 10.6 Å². The molecule has 0 fully saturated rings. The Morgan fingerprint density at radius 1 is 1.50 bits per heavy atom. The molecule has 98 valence electrons. The third-order valence-corrected chi connectivity index (χ3v) is 3.92. The van der Waals surface area contributed by atoms with Crippen LogP contribution in [0.25, 0.3) is 0 Å². The maximum atomic E-state index is 11.6. The van der Waals surface area contributed by atoms with E-state index >= 15 is 0 Å². The predicted octanol–water partition coefficient (Wildman–Crippen LogP) is 2.55. The highest BCUT2D eigenvalue weighted by atomic mass is 79.9. The molecule has 2 rings (SSSR count). The van der Waals surface area contributed by atoms with E-state index in [0.717, 1.165) is 12.8 Å². The van der Waals surface area contributed by atoms with Crippen LogP contribution in [0.1, 0.15) is 37.4 Å². The second-order valence-corrected chi connectivity index (χ2v) is 5.86. The Bertz CT molecular complexity index is 445. The van der Waals surface area contributed by atoms with Crippen LogP contribution in [0.3, 0.4) is 0 Å². The minimum atomic E-state index is 0.0634. The molecular formula is C14H19BrN2O. The van der Waals surface area contributed by atoms with Crippen LogP contribution in [-0.2, 0) is 11.2 Å². The Kier molecular flexibility index (Phi) is 4.40. The number of rotatable bonds is 4. The normalized spacial score (nSPS) is 17.9. The van der Waals surface area contributed by atoms with Crippen molar-refractivity contribution in [3.63, 3.8) is 0 Å². The van der Waals surface area contributed by atoms with E-state index in [1.165, 1.54) is 15.6 Å². The molecule has 1 unspecified atom stereocenters. The molecule has 0 radical (unpaired) electrons. The number of carbonyl (C=O) groups excluding carboxylic acids is 1. The van der Waals surface area contributed by atoms with Gasteiger partial charge in [0.15, 0.2) is 0 Å². The summed E-state index contributed by atoms with van der Waals surface area (Å²) in [6.07, 6.45) is 2.13. The summed E-state index contributed by atoms with van der Waals surface area (Å²) in [5, 5.41) is 6.23. The lowest BCUT2D eigenvalue weighted by molar-refractivity contribution is -0.120. The SMILES string of the molecule is CC(C)NC(=O)CNC1CCc2c(Br)cccc21. The highest BCUT2D eigenvalue weighted by Gasteiger charge is 2.23. The fourth-order valence-corrected chi connectivity index (χ4v) is 2.99. The van der Waals surface area contributed by atoms with Crippen molar-refractivity contribution in [3.8, 4) is 0 Å². The van der Waals surface area contributed by atoms with Crippen molar-refractivity contribution in [3.05, 3.63) is 33.8 Å². The molecule has 1 aromatic carbocycles. The lowest BCUT2D eigenvalue weighted by atomic mass is 10.1. The van der Waals surface area contributed by atoms with Gasteiger partial charge in [0.1, 0.15) is 0 Å². The van der Waals surface area contributed by atoms with Gasteiger partial charge in [0.05, 0.1) is 6.54 Å². The standard InChI is InChI=1S/C14H19BrN2O/c1-9(2)17-14(18)8-16-13-7-6-10-11(13)4-3-5-12(10)15/h3-5,9,13,16H,6-8H2,1-2H3,(H,17,18). The molecule has 0 bridgehead atoms. The van der Waals surface area contributed by atoms with Crippen LogP contribution in [-0.4, -0.2) is 18.5 Å². The molecule has 0 aliphatic heterocycles. The second kappa shape index (κ2) is 5.85. The smallest absolute Gasteiger partial charge is 0.234 e. The number of carbonyl (C=O) groups is 1. The summed E-state index contributed by atoms with van der Waals surface area (Å²) < 4.78 is 1.18. The molecular weight excluding hydrogens is 292 g/mol. The maximum absolute atomic E-state index is 11.6. The van der Waals surface area contributed by atoms with Crippen LogP contribution in [0.5, 0.6) is 0 Å². The third-order valence-electron chi connectivity index (χ3n) is 3.17. The molecule has 1 aliphatic rings. The molecule has 0 saturated heterocycles. The molecule has 4 heteroatoms. The van der Waals surface area contributed by atoms with Crippen molar-refractivity contribution >= 4 is 21.8 Å². The summed E-state index contributed by atoms with van der Waals surface area (Å²) in [4.78, 5) is 11.6. The van der Waals surface area contributed by atoms with Crippen molar-refractivity contribution in [2.24, 2.45) is 0 Å². The number of halogens is 1. The zero-order valence-corrected chi connectivity index (χ0v) is 12.4. The van der Waals surface area contributed by atoms with Gasteiger partial charge in [0.25, 0.3) is 0 Å². The second-order valence-electron chi connectivity index (χ2n) is 5.00. The van der Waals surface area contributed by atoms with Crippen LogP contribution >= 0.6 is 15.9 Å². The highest BCUT2D eigenvalue weighted by Crippen LogP contribution is 2.35. The predicted molar refractivity (Wildman–Crippen MR) is 76.5 cm³/mol. The Labute approximate surface area is 116 Å².